The standard InChI is InChI=1S/C10H18F2O3S/c1-4-6-7-8-9(5-2)10(11,12)15-16(3,13)14/h5H,4,6-8H2,1-3H3/b9-5+. The van der Waals surface area contributed by atoms with Crippen LogP contribution in [0.15, 0.2) is 11.6 Å². The highest BCUT2D eigenvalue weighted by molar-refractivity contribution is 7.86. The van der Waals surface area contributed by atoms with Crippen molar-refractivity contribution in [3.05, 3.63) is 11.6 Å². The maximum Gasteiger partial charge on any atom is 0.392 e. The Bertz CT molecular complexity index is 334. The van der Waals surface area contributed by atoms with Crippen molar-refractivity contribution in [2.24, 2.45) is 0 Å². The Labute approximate surface area is 95.6 Å². The largest absolute Gasteiger partial charge is 0.392 e. The van der Waals surface area contributed by atoms with Crippen molar-refractivity contribution in [3.8, 4) is 0 Å². The van der Waals surface area contributed by atoms with E-state index in [4.69, 9.17) is 0 Å². The zero-order valence-corrected chi connectivity index (χ0v) is 10.6. The molecule has 0 saturated heterocycles. The second-order valence-corrected chi connectivity index (χ2v) is 5.15. The topological polar surface area (TPSA) is 43.4 Å². The summed E-state index contributed by atoms with van der Waals surface area (Å²) in [6.45, 7) is 3.40. The smallest absolute Gasteiger partial charge is 0.200 e. The van der Waals surface area contributed by atoms with Gasteiger partial charge < -0.3 is 0 Å². The third-order valence-electron chi connectivity index (χ3n) is 2.03. The number of alkyl halides is 2. The number of hydrogen-bond donors (Lipinski definition) is 0. The van der Waals surface area contributed by atoms with Crippen LogP contribution in [0.2, 0.25) is 0 Å². The molecular weight excluding hydrogens is 238 g/mol. The van der Waals surface area contributed by atoms with Gasteiger partial charge in [-0.15, -0.1) is 0 Å². The minimum absolute atomic E-state index is 0.146. The van der Waals surface area contributed by atoms with Crippen LogP contribution >= 0.6 is 0 Å². The molecule has 0 radical (unpaired) electrons. The lowest BCUT2D eigenvalue weighted by atomic mass is 10.1. The van der Waals surface area contributed by atoms with E-state index in [1.54, 1.807) is 0 Å². The summed E-state index contributed by atoms with van der Waals surface area (Å²) in [6.07, 6.45) is 0.574. The van der Waals surface area contributed by atoms with Crippen molar-refractivity contribution in [3.63, 3.8) is 0 Å². The maximum atomic E-state index is 13.3. The fourth-order valence-electron chi connectivity index (χ4n) is 1.27. The van der Waals surface area contributed by atoms with E-state index in [0.29, 0.717) is 12.7 Å². The monoisotopic (exact) mass is 256 g/mol. The van der Waals surface area contributed by atoms with E-state index in [0.717, 1.165) is 12.8 Å². The molecule has 96 valence electrons. The average molecular weight is 256 g/mol. The predicted octanol–water partition coefficient (Wildman–Crippen LogP) is 3.08. The van der Waals surface area contributed by atoms with Crippen LogP contribution in [0.1, 0.15) is 39.5 Å². The summed E-state index contributed by atoms with van der Waals surface area (Å²) in [4.78, 5) is 0. The molecule has 0 unspecified atom stereocenters. The number of halogens is 2. The van der Waals surface area contributed by atoms with E-state index in [1.165, 1.54) is 13.0 Å². The molecular formula is C10H18F2O3S. The van der Waals surface area contributed by atoms with E-state index in [9.17, 15) is 17.2 Å². The van der Waals surface area contributed by atoms with Gasteiger partial charge in [-0.25, -0.2) is 0 Å². The molecule has 16 heavy (non-hydrogen) atoms. The van der Waals surface area contributed by atoms with Crippen LogP contribution in [0.5, 0.6) is 0 Å². The van der Waals surface area contributed by atoms with Gasteiger partial charge in [0.2, 0.25) is 0 Å². The van der Waals surface area contributed by atoms with Gasteiger partial charge in [-0.1, -0.05) is 25.8 Å². The summed E-state index contributed by atoms with van der Waals surface area (Å²) < 4.78 is 51.8. The first-order valence-corrected chi connectivity index (χ1v) is 6.98. The molecule has 6 heteroatoms. The highest BCUT2D eigenvalue weighted by Gasteiger charge is 2.38. The van der Waals surface area contributed by atoms with Gasteiger partial charge in [-0.05, 0) is 19.8 Å². The quantitative estimate of drug-likeness (QED) is 0.399. The van der Waals surface area contributed by atoms with Gasteiger partial charge in [0.15, 0.2) is 0 Å². The SMILES string of the molecule is C/C=C(\CCCCC)C(F)(F)OS(C)(=O)=O. The fourth-order valence-corrected chi connectivity index (χ4v) is 1.75. The van der Waals surface area contributed by atoms with E-state index in [1.807, 2.05) is 6.92 Å². The van der Waals surface area contributed by atoms with Crippen molar-refractivity contribution in [2.45, 2.75) is 45.6 Å². The third-order valence-corrected chi connectivity index (χ3v) is 2.54. The summed E-state index contributed by atoms with van der Waals surface area (Å²) in [7, 11) is -4.16. The van der Waals surface area contributed by atoms with Gasteiger partial charge in [-0.3, -0.25) is 0 Å². The first kappa shape index (κ1) is 15.5. The van der Waals surface area contributed by atoms with Crippen LogP contribution < -0.4 is 0 Å². The molecule has 0 saturated carbocycles. The molecule has 0 aromatic heterocycles. The Hall–Kier alpha value is -0.490. The Morgan fingerprint density at radius 3 is 2.31 bits per heavy atom. The van der Waals surface area contributed by atoms with Gasteiger partial charge in [0.25, 0.3) is 10.1 Å². The maximum absolute atomic E-state index is 13.3. The first-order chi connectivity index (χ1) is 7.23. The highest BCUT2D eigenvalue weighted by atomic mass is 32.2. The van der Waals surface area contributed by atoms with Crippen LogP contribution in [0.3, 0.4) is 0 Å². The molecule has 0 bridgehead atoms. The van der Waals surface area contributed by atoms with Gasteiger partial charge in [0, 0.05) is 5.57 Å². The molecule has 0 amide bonds. The summed E-state index contributed by atoms with van der Waals surface area (Å²) in [5, 5.41) is 0. The lowest BCUT2D eigenvalue weighted by Crippen LogP contribution is -2.27. The number of unbranched alkanes of at least 4 members (excludes halogenated alkanes) is 2. The first-order valence-electron chi connectivity index (χ1n) is 5.17. The van der Waals surface area contributed by atoms with E-state index < -0.39 is 16.2 Å². The van der Waals surface area contributed by atoms with Crippen molar-refractivity contribution >= 4 is 10.1 Å². The van der Waals surface area contributed by atoms with Crippen LogP contribution in [0.25, 0.3) is 0 Å². The summed E-state index contributed by atoms with van der Waals surface area (Å²) in [5.74, 6) is 0. The fraction of sp³-hybridized carbons (Fsp3) is 0.800. The normalized spacial score (nSPS) is 14.2. The molecule has 0 heterocycles. The third kappa shape index (κ3) is 6.17. The molecule has 0 aromatic rings. The highest BCUT2D eigenvalue weighted by Crippen LogP contribution is 2.30. The second kappa shape index (κ2) is 6.30. The summed E-state index contributed by atoms with van der Waals surface area (Å²) >= 11 is 0. The van der Waals surface area contributed by atoms with Crippen LogP contribution in [-0.2, 0) is 14.3 Å². The average Bonchev–Trinajstić information content (AvgIpc) is 2.08. The summed E-state index contributed by atoms with van der Waals surface area (Å²) in [6, 6.07) is 0. The van der Waals surface area contributed by atoms with Crippen LogP contribution in [0, 0.1) is 0 Å². The zero-order valence-electron chi connectivity index (χ0n) is 9.79. The van der Waals surface area contributed by atoms with Crippen molar-refractivity contribution in [1.82, 2.24) is 0 Å². The Kier molecular flexibility index (Phi) is 6.10. The Balaban J connectivity index is 4.56. The number of allylic oxidation sites excluding steroid dienone is 1. The molecule has 3 nitrogen and oxygen atoms in total. The van der Waals surface area contributed by atoms with E-state index in [-0.39, 0.29) is 12.0 Å². The van der Waals surface area contributed by atoms with E-state index >= 15 is 0 Å². The number of hydrogen-bond acceptors (Lipinski definition) is 3. The molecule has 0 aliphatic carbocycles. The van der Waals surface area contributed by atoms with Crippen molar-refractivity contribution < 1.29 is 21.4 Å². The molecule has 0 atom stereocenters. The molecule has 0 aliphatic heterocycles. The van der Waals surface area contributed by atoms with E-state index in [2.05, 4.69) is 4.18 Å². The van der Waals surface area contributed by atoms with Gasteiger partial charge >= 0.3 is 6.11 Å². The molecule has 0 aliphatic rings. The predicted molar refractivity (Wildman–Crippen MR) is 58.8 cm³/mol. The lowest BCUT2D eigenvalue weighted by Gasteiger charge is -2.18. The molecule has 0 rings (SSSR count). The van der Waals surface area contributed by atoms with Crippen molar-refractivity contribution in [2.75, 3.05) is 6.26 Å². The lowest BCUT2D eigenvalue weighted by molar-refractivity contribution is -0.139. The minimum atomic E-state index is -4.16. The molecule has 0 aromatic carbocycles. The Morgan fingerprint density at radius 1 is 1.38 bits per heavy atom. The van der Waals surface area contributed by atoms with Gasteiger partial charge in [0.05, 0.1) is 6.26 Å². The second-order valence-electron chi connectivity index (χ2n) is 3.58. The summed E-state index contributed by atoms with van der Waals surface area (Å²) in [5.41, 5.74) is -0.286. The van der Waals surface area contributed by atoms with Crippen LogP contribution in [0.4, 0.5) is 8.78 Å². The zero-order chi connectivity index (χ0) is 12.8. The van der Waals surface area contributed by atoms with Crippen molar-refractivity contribution in [1.29, 1.82) is 0 Å². The molecule has 0 fully saturated rings. The van der Waals surface area contributed by atoms with Crippen LogP contribution in [-0.4, -0.2) is 20.8 Å². The molecule has 0 spiro atoms. The minimum Gasteiger partial charge on any atom is -0.200 e. The number of rotatable bonds is 7. The molecule has 0 N–H and O–H groups in total. The van der Waals surface area contributed by atoms with Gasteiger partial charge in [0.1, 0.15) is 0 Å². The van der Waals surface area contributed by atoms with Gasteiger partial charge in [-0.2, -0.15) is 21.4 Å². The Morgan fingerprint density at radius 2 is 1.94 bits per heavy atom.